The molecule has 5 aliphatic rings. The van der Waals surface area contributed by atoms with E-state index < -0.39 is 0 Å². The van der Waals surface area contributed by atoms with Crippen molar-refractivity contribution in [3.05, 3.63) is 29.3 Å². The van der Waals surface area contributed by atoms with E-state index in [2.05, 4.69) is 38.6 Å². The summed E-state index contributed by atoms with van der Waals surface area (Å²) in [5.41, 5.74) is 4.06. The molecule has 25 heavy (non-hydrogen) atoms. The molecule has 2 amide bonds. The number of nitrogens with one attached hydrogen (secondary N) is 2. The van der Waals surface area contributed by atoms with Crippen molar-refractivity contribution in [2.75, 3.05) is 18.0 Å². The lowest BCUT2D eigenvalue weighted by molar-refractivity contribution is -0.137. The number of imide groups is 1. The Morgan fingerprint density at radius 2 is 2.00 bits per heavy atom. The molecule has 3 atom stereocenters. The quantitative estimate of drug-likeness (QED) is 0.778. The number of benzene rings is 1. The summed E-state index contributed by atoms with van der Waals surface area (Å²) in [5.74, 6) is -0.276. The van der Waals surface area contributed by atoms with Crippen LogP contribution in [0.2, 0.25) is 0 Å². The molecule has 0 radical (unpaired) electrons. The molecule has 0 saturated carbocycles. The van der Waals surface area contributed by atoms with Crippen LogP contribution in [0.1, 0.15) is 36.8 Å². The summed E-state index contributed by atoms with van der Waals surface area (Å²) in [4.78, 5) is 28.5. The predicted octanol–water partition coefficient (Wildman–Crippen LogP) is 0.748. The summed E-state index contributed by atoms with van der Waals surface area (Å²) in [6, 6.07) is 7.59. The predicted molar refractivity (Wildman–Crippen MR) is 94.0 cm³/mol. The van der Waals surface area contributed by atoms with E-state index in [4.69, 9.17) is 0 Å². The number of rotatable bonds is 2. The first-order chi connectivity index (χ1) is 12.2. The second-order valence-electron chi connectivity index (χ2n) is 7.78. The van der Waals surface area contributed by atoms with Gasteiger partial charge in [0.2, 0.25) is 11.8 Å². The van der Waals surface area contributed by atoms with E-state index in [0.717, 1.165) is 26.2 Å². The molecular weight excluding hydrogens is 316 g/mol. The van der Waals surface area contributed by atoms with Crippen molar-refractivity contribution >= 4 is 17.5 Å². The average molecular weight is 340 g/mol. The monoisotopic (exact) mass is 340 g/mol. The van der Waals surface area contributed by atoms with Crippen molar-refractivity contribution in [2.24, 2.45) is 0 Å². The third-order valence-electron chi connectivity index (χ3n) is 6.29. The largest absolute Gasteiger partial charge is 0.365 e. The Kier molecular flexibility index (Phi) is 3.57. The Bertz CT molecular complexity index is 726. The molecule has 5 heterocycles. The SMILES string of the molecule is O=C1CCC(N2Cc3cccc(N4CC5CCC4CN5)c3C2)C(=O)N1. The van der Waals surface area contributed by atoms with Gasteiger partial charge in [-0.3, -0.25) is 19.8 Å². The molecule has 132 valence electrons. The number of carbonyl (C=O) groups excluding carboxylic acids is 2. The van der Waals surface area contributed by atoms with Crippen molar-refractivity contribution in [3.8, 4) is 0 Å². The van der Waals surface area contributed by atoms with Crippen LogP contribution in [0.3, 0.4) is 0 Å². The summed E-state index contributed by atoms with van der Waals surface area (Å²) < 4.78 is 0. The fourth-order valence-corrected chi connectivity index (χ4v) is 4.95. The summed E-state index contributed by atoms with van der Waals surface area (Å²) >= 11 is 0. The molecule has 6 rings (SSSR count). The topological polar surface area (TPSA) is 64.7 Å². The molecule has 1 aromatic rings. The Hall–Kier alpha value is -1.92. The molecule has 0 aromatic heterocycles. The minimum Gasteiger partial charge on any atom is -0.365 e. The number of amides is 2. The van der Waals surface area contributed by atoms with Crippen LogP contribution in [-0.2, 0) is 22.7 Å². The zero-order valence-corrected chi connectivity index (χ0v) is 14.3. The maximum atomic E-state index is 12.2. The van der Waals surface area contributed by atoms with Gasteiger partial charge < -0.3 is 10.2 Å². The molecular formula is C19H24N4O2. The van der Waals surface area contributed by atoms with Crippen molar-refractivity contribution in [1.82, 2.24) is 15.5 Å². The molecule has 6 heteroatoms. The number of hydrogen-bond acceptors (Lipinski definition) is 5. The maximum Gasteiger partial charge on any atom is 0.243 e. The first kappa shape index (κ1) is 15.3. The van der Waals surface area contributed by atoms with Crippen molar-refractivity contribution in [3.63, 3.8) is 0 Å². The Morgan fingerprint density at radius 1 is 1.08 bits per heavy atom. The first-order valence-corrected chi connectivity index (χ1v) is 9.37. The van der Waals surface area contributed by atoms with Gasteiger partial charge in [-0.15, -0.1) is 0 Å². The Morgan fingerprint density at radius 3 is 2.72 bits per heavy atom. The summed E-state index contributed by atoms with van der Waals surface area (Å²) in [5, 5.41) is 6.11. The highest BCUT2D eigenvalue weighted by molar-refractivity contribution is 6.00. The van der Waals surface area contributed by atoms with E-state index in [1.807, 2.05) is 0 Å². The number of anilines is 1. The zero-order chi connectivity index (χ0) is 17.0. The molecule has 3 unspecified atom stereocenters. The fourth-order valence-electron chi connectivity index (χ4n) is 4.95. The van der Waals surface area contributed by atoms with Gasteiger partial charge in [0.15, 0.2) is 0 Å². The molecule has 0 aliphatic carbocycles. The smallest absolute Gasteiger partial charge is 0.243 e. The standard InChI is InChI=1S/C19H24N4O2/c24-18-7-6-17(19(25)21-18)22-9-12-2-1-3-16(15(12)11-22)23-10-13-4-5-14(23)8-20-13/h1-3,13-14,17,20H,4-11H2,(H,21,24,25). The van der Waals surface area contributed by atoms with Crippen LogP contribution in [0, 0.1) is 0 Å². The van der Waals surface area contributed by atoms with Crippen LogP contribution >= 0.6 is 0 Å². The number of hydrogen-bond donors (Lipinski definition) is 2. The highest BCUT2D eigenvalue weighted by Crippen LogP contribution is 2.37. The van der Waals surface area contributed by atoms with Crippen LogP contribution < -0.4 is 15.5 Å². The number of fused-ring (bicyclic) bond motifs is 4. The third kappa shape index (κ3) is 2.55. The second-order valence-corrected chi connectivity index (χ2v) is 7.78. The van der Waals surface area contributed by atoms with Crippen LogP contribution in [-0.4, -0.2) is 47.9 Å². The lowest BCUT2D eigenvalue weighted by Crippen LogP contribution is -2.61. The molecule has 4 fully saturated rings. The lowest BCUT2D eigenvalue weighted by Gasteiger charge is -2.47. The Balaban J connectivity index is 1.40. The van der Waals surface area contributed by atoms with Crippen molar-refractivity contribution < 1.29 is 9.59 Å². The zero-order valence-electron chi connectivity index (χ0n) is 14.3. The number of nitrogens with zero attached hydrogens (tertiary/aromatic N) is 2. The molecule has 2 bridgehead atoms. The summed E-state index contributed by atoms with van der Waals surface area (Å²) in [7, 11) is 0. The van der Waals surface area contributed by atoms with E-state index >= 15 is 0 Å². The van der Waals surface area contributed by atoms with Crippen molar-refractivity contribution in [1.29, 1.82) is 0 Å². The summed E-state index contributed by atoms with van der Waals surface area (Å²) in [6.45, 7) is 3.76. The van der Waals surface area contributed by atoms with Crippen LogP contribution in [0.25, 0.3) is 0 Å². The number of piperidine rings is 3. The highest BCUT2D eigenvalue weighted by atomic mass is 16.2. The van der Waals surface area contributed by atoms with Gasteiger partial charge >= 0.3 is 0 Å². The van der Waals surface area contributed by atoms with Gasteiger partial charge in [0.1, 0.15) is 0 Å². The first-order valence-electron chi connectivity index (χ1n) is 9.37. The van der Waals surface area contributed by atoms with Crippen LogP contribution in [0.4, 0.5) is 5.69 Å². The molecule has 4 saturated heterocycles. The van der Waals surface area contributed by atoms with Gasteiger partial charge in [0, 0.05) is 50.4 Å². The van der Waals surface area contributed by atoms with E-state index in [0.29, 0.717) is 24.9 Å². The van der Waals surface area contributed by atoms with Crippen LogP contribution in [0.15, 0.2) is 18.2 Å². The van der Waals surface area contributed by atoms with Gasteiger partial charge in [-0.05, 0) is 36.5 Å². The average Bonchev–Trinajstić information content (AvgIpc) is 3.06. The van der Waals surface area contributed by atoms with Gasteiger partial charge in [0.25, 0.3) is 0 Å². The van der Waals surface area contributed by atoms with Gasteiger partial charge in [-0.25, -0.2) is 0 Å². The normalized spacial score (nSPS) is 32.0. The molecule has 0 spiro atoms. The molecule has 5 aliphatic heterocycles. The van der Waals surface area contributed by atoms with E-state index in [-0.39, 0.29) is 17.9 Å². The fraction of sp³-hybridized carbons (Fsp3) is 0.579. The molecule has 6 nitrogen and oxygen atoms in total. The maximum absolute atomic E-state index is 12.2. The van der Waals surface area contributed by atoms with Crippen LogP contribution in [0.5, 0.6) is 0 Å². The van der Waals surface area contributed by atoms with Gasteiger partial charge in [0.05, 0.1) is 6.04 Å². The molecule has 1 aromatic carbocycles. The molecule has 2 N–H and O–H groups in total. The van der Waals surface area contributed by atoms with Gasteiger partial charge in [-0.2, -0.15) is 0 Å². The van der Waals surface area contributed by atoms with E-state index in [1.165, 1.54) is 29.7 Å². The minimum absolute atomic E-state index is 0.133. The Labute approximate surface area is 147 Å². The number of carbonyl (C=O) groups is 2. The second kappa shape index (κ2) is 5.81. The van der Waals surface area contributed by atoms with Gasteiger partial charge in [-0.1, -0.05) is 12.1 Å². The third-order valence-corrected chi connectivity index (χ3v) is 6.29. The number of piperazine rings is 1. The van der Waals surface area contributed by atoms with Crippen molar-refractivity contribution in [2.45, 2.75) is 56.9 Å². The van der Waals surface area contributed by atoms with E-state index in [9.17, 15) is 9.59 Å². The highest BCUT2D eigenvalue weighted by Gasteiger charge is 2.38. The summed E-state index contributed by atoms with van der Waals surface area (Å²) in [6.07, 6.45) is 3.61. The van der Waals surface area contributed by atoms with E-state index in [1.54, 1.807) is 0 Å². The lowest BCUT2D eigenvalue weighted by atomic mass is 9.91. The minimum atomic E-state index is -0.183.